The molecule has 2 aromatic heterocycles. The van der Waals surface area contributed by atoms with Gasteiger partial charge in [-0.15, -0.1) is 0 Å². The summed E-state index contributed by atoms with van der Waals surface area (Å²) in [5, 5.41) is 0.999. The predicted octanol–water partition coefficient (Wildman–Crippen LogP) is 10.4. The number of carbonyl (C=O) groups is 2. The first-order valence-electron chi connectivity index (χ1n) is 17.2. The van der Waals surface area contributed by atoms with Crippen molar-refractivity contribution in [2.45, 2.75) is 106 Å². The van der Waals surface area contributed by atoms with Crippen LogP contribution < -0.4 is 0 Å². The number of benzene rings is 1. The van der Waals surface area contributed by atoms with Crippen molar-refractivity contribution in [2.24, 2.45) is 10.8 Å². The quantitative estimate of drug-likeness (QED) is 0.245. The zero-order valence-corrected chi connectivity index (χ0v) is 30.4. The molecule has 1 unspecified atom stereocenters. The lowest BCUT2D eigenvalue weighted by Gasteiger charge is -2.36. The molecule has 1 aliphatic carbocycles. The van der Waals surface area contributed by atoms with Crippen LogP contribution in [0.15, 0.2) is 50.1 Å². The van der Waals surface area contributed by atoms with Gasteiger partial charge >= 0.3 is 0 Å². The van der Waals surface area contributed by atoms with E-state index in [1.165, 1.54) is 11.1 Å². The summed E-state index contributed by atoms with van der Waals surface area (Å²) >= 11 is 0. The van der Waals surface area contributed by atoms with E-state index in [-0.39, 0.29) is 39.4 Å². The number of amides is 2. The van der Waals surface area contributed by atoms with Crippen LogP contribution in [0, 0.1) is 10.8 Å². The van der Waals surface area contributed by atoms with Gasteiger partial charge in [0.25, 0.3) is 11.8 Å². The van der Waals surface area contributed by atoms with Gasteiger partial charge in [-0.25, -0.2) is 0 Å². The van der Waals surface area contributed by atoms with E-state index in [0.29, 0.717) is 34.1 Å². The van der Waals surface area contributed by atoms with Crippen molar-refractivity contribution in [3.63, 3.8) is 0 Å². The first kappa shape index (κ1) is 31.0. The van der Waals surface area contributed by atoms with Crippen molar-refractivity contribution in [1.29, 1.82) is 0 Å². The third-order valence-electron chi connectivity index (χ3n) is 10.9. The minimum atomic E-state index is -0.242. The third-order valence-corrected chi connectivity index (χ3v) is 10.9. The van der Waals surface area contributed by atoms with Crippen LogP contribution in [0.3, 0.4) is 0 Å². The number of rotatable bonds is 0. The van der Waals surface area contributed by atoms with E-state index in [1.54, 1.807) is 16.0 Å². The van der Waals surface area contributed by atoms with Crippen molar-refractivity contribution in [1.82, 2.24) is 9.80 Å². The number of carbonyl (C=O) groups excluding carboxylic acids is 2. The maximum absolute atomic E-state index is 14.4. The lowest BCUT2D eigenvalue weighted by Crippen LogP contribution is -2.26. The smallest absolute Gasteiger partial charge is 0.265 e. The standard InChI is InChI=1S/C42H46N2O4/c1-39(2,3)21-17-25-23-13-15-43-31(35(23)47-33(25)27(19-21)41(7,8)9)29-30(38(43)46)32-36-24(14-16-44(32)37(29)45)26-18-22(40(4,5)6)20-28(34(26)48-36)42(10,11)12/h13-19,28H,20H2,1-12H3. The largest absolute Gasteiger partial charge is 0.458 e. The highest BCUT2D eigenvalue weighted by molar-refractivity contribution is 6.32. The van der Waals surface area contributed by atoms with Gasteiger partial charge in [0.1, 0.15) is 22.7 Å². The summed E-state index contributed by atoms with van der Waals surface area (Å²) in [6.45, 7) is 26.8. The monoisotopic (exact) mass is 642 g/mol. The molecule has 1 aromatic carbocycles. The van der Waals surface area contributed by atoms with Gasteiger partial charge < -0.3 is 8.83 Å². The highest BCUT2D eigenvalue weighted by Crippen LogP contribution is 2.56. The second-order valence-corrected chi connectivity index (χ2v) is 18.3. The summed E-state index contributed by atoms with van der Waals surface area (Å²) in [5.41, 5.74) is 8.87. The first-order valence-corrected chi connectivity index (χ1v) is 17.2. The maximum atomic E-state index is 14.4. The average Bonchev–Trinajstić information content (AvgIpc) is 3.68. The molecule has 4 aliphatic heterocycles. The molecule has 0 radical (unpaired) electrons. The number of allylic oxidation sites excluding steroid dienone is 1. The van der Waals surface area contributed by atoms with Crippen molar-refractivity contribution >= 4 is 52.4 Å². The van der Waals surface area contributed by atoms with Crippen LogP contribution in [0.4, 0.5) is 0 Å². The molecule has 6 nitrogen and oxygen atoms in total. The fourth-order valence-corrected chi connectivity index (χ4v) is 7.91. The topological polar surface area (TPSA) is 66.9 Å². The van der Waals surface area contributed by atoms with Gasteiger partial charge in [-0.05, 0) is 51.9 Å². The van der Waals surface area contributed by atoms with E-state index >= 15 is 0 Å². The van der Waals surface area contributed by atoms with Gasteiger partial charge in [0, 0.05) is 46.0 Å². The van der Waals surface area contributed by atoms with E-state index in [9.17, 15) is 9.59 Å². The summed E-state index contributed by atoms with van der Waals surface area (Å²) in [7, 11) is 0. The summed E-state index contributed by atoms with van der Waals surface area (Å²) in [6, 6.07) is 4.46. The lowest BCUT2D eigenvalue weighted by molar-refractivity contribution is -0.122. The number of nitrogens with zero attached hydrogens (tertiary/aromatic N) is 2. The SMILES string of the molecule is CC(C)(C)C1=Cc2c(oc3c2C=CN2C(=O)C4=C5c6oc7c(C(C)(C)C)cc(C(C)(C)C)cc7c6C=CN5C(=O)C4=C32)C(C(C)(C)C)C1. The van der Waals surface area contributed by atoms with Crippen molar-refractivity contribution in [3.05, 3.63) is 86.3 Å². The Balaban J connectivity index is 1.38. The normalized spacial score (nSPS) is 20.4. The molecular weight excluding hydrogens is 596 g/mol. The average molecular weight is 643 g/mol. The van der Waals surface area contributed by atoms with Crippen LogP contribution in [-0.4, -0.2) is 21.6 Å². The zero-order chi connectivity index (χ0) is 34.6. The number of hydrogen-bond donors (Lipinski definition) is 0. The van der Waals surface area contributed by atoms with Gasteiger partial charge in [0.15, 0.2) is 11.5 Å². The van der Waals surface area contributed by atoms with E-state index in [2.05, 4.69) is 101 Å². The summed E-state index contributed by atoms with van der Waals surface area (Å²) in [6.07, 6.45) is 10.7. The Morgan fingerprint density at radius 3 is 1.75 bits per heavy atom. The fraction of sp³-hybridized carbons (Fsp3) is 0.429. The summed E-state index contributed by atoms with van der Waals surface area (Å²) < 4.78 is 13.6. The molecule has 6 heterocycles. The Kier molecular flexibility index (Phi) is 5.95. The molecule has 248 valence electrons. The van der Waals surface area contributed by atoms with Crippen LogP contribution in [0.25, 0.3) is 40.6 Å². The maximum Gasteiger partial charge on any atom is 0.265 e. The number of fused-ring (bicyclic) bond motifs is 11. The molecule has 6 heteroatoms. The summed E-state index contributed by atoms with van der Waals surface area (Å²) in [4.78, 5) is 32.0. The Hall–Kier alpha value is -4.32. The minimum absolute atomic E-state index is 0.0000822. The predicted molar refractivity (Wildman–Crippen MR) is 192 cm³/mol. The molecule has 0 N–H and O–H groups in total. The van der Waals surface area contributed by atoms with E-state index in [0.717, 1.165) is 45.4 Å². The molecule has 0 saturated carbocycles. The number of furan rings is 2. The van der Waals surface area contributed by atoms with Crippen LogP contribution in [-0.2, 0) is 20.4 Å². The van der Waals surface area contributed by atoms with E-state index in [4.69, 9.17) is 8.83 Å². The van der Waals surface area contributed by atoms with Gasteiger partial charge in [0.2, 0.25) is 0 Å². The third kappa shape index (κ3) is 4.10. The van der Waals surface area contributed by atoms with Gasteiger partial charge in [-0.2, -0.15) is 0 Å². The fourth-order valence-electron chi connectivity index (χ4n) is 7.91. The van der Waals surface area contributed by atoms with Crippen LogP contribution in [0.1, 0.15) is 141 Å². The molecular formula is C42H46N2O4. The number of hydrogen-bond acceptors (Lipinski definition) is 4. The minimum Gasteiger partial charge on any atom is -0.458 e. The molecule has 48 heavy (non-hydrogen) atoms. The molecule has 5 aliphatic rings. The van der Waals surface area contributed by atoms with Gasteiger partial charge in [-0.1, -0.05) is 101 Å². The second kappa shape index (κ2) is 9.22. The lowest BCUT2D eigenvalue weighted by atomic mass is 9.68. The Morgan fingerprint density at radius 2 is 1.23 bits per heavy atom. The summed E-state index contributed by atoms with van der Waals surface area (Å²) in [5.74, 6) is 1.75. The molecule has 0 fully saturated rings. The zero-order valence-electron chi connectivity index (χ0n) is 30.4. The molecule has 1 atom stereocenters. The van der Waals surface area contributed by atoms with E-state index in [1.807, 2.05) is 18.4 Å². The molecule has 2 amide bonds. The first-order chi connectivity index (χ1) is 22.2. The van der Waals surface area contributed by atoms with Crippen LogP contribution in [0.5, 0.6) is 0 Å². The van der Waals surface area contributed by atoms with Gasteiger partial charge in [0.05, 0.1) is 11.1 Å². The Bertz CT molecular complexity index is 2180. The van der Waals surface area contributed by atoms with Crippen LogP contribution >= 0.6 is 0 Å². The highest BCUT2D eigenvalue weighted by Gasteiger charge is 2.53. The van der Waals surface area contributed by atoms with E-state index < -0.39 is 0 Å². The molecule has 3 aromatic rings. The van der Waals surface area contributed by atoms with Crippen molar-refractivity contribution in [3.8, 4) is 0 Å². The van der Waals surface area contributed by atoms with Crippen molar-refractivity contribution in [2.75, 3.05) is 0 Å². The van der Waals surface area contributed by atoms with Gasteiger partial charge in [-0.3, -0.25) is 19.4 Å². The molecule has 0 saturated heterocycles. The highest BCUT2D eigenvalue weighted by atomic mass is 16.3. The van der Waals surface area contributed by atoms with Crippen LogP contribution in [0.2, 0.25) is 0 Å². The Labute approximate surface area is 283 Å². The molecule has 0 spiro atoms. The molecule has 0 bridgehead atoms. The second-order valence-electron chi connectivity index (χ2n) is 18.3. The Morgan fingerprint density at radius 1 is 0.667 bits per heavy atom. The van der Waals surface area contributed by atoms with Crippen molar-refractivity contribution < 1.29 is 18.4 Å². The molecule has 8 rings (SSSR count).